The summed E-state index contributed by atoms with van der Waals surface area (Å²) in [5.74, 6) is 0. The van der Waals surface area contributed by atoms with Gasteiger partial charge in [0.05, 0.1) is 0 Å². The van der Waals surface area contributed by atoms with E-state index in [1.54, 1.807) is 0 Å². The summed E-state index contributed by atoms with van der Waals surface area (Å²) in [4.78, 5) is 13.8. The predicted molar refractivity (Wildman–Crippen MR) is 58.3 cm³/mol. The highest BCUT2D eigenvalue weighted by molar-refractivity contribution is 5.74. The van der Waals surface area contributed by atoms with Crippen molar-refractivity contribution in [2.45, 2.75) is 58.5 Å². The van der Waals surface area contributed by atoms with Gasteiger partial charge in [0.25, 0.3) is 0 Å². The maximum Gasteiger partial charge on any atom is 0.317 e. The van der Waals surface area contributed by atoms with Gasteiger partial charge in [0.15, 0.2) is 0 Å². The number of amides is 2. The molecule has 0 aromatic rings. The zero-order valence-corrected chi connectivity index (χ0v) is 9.55. The van der Waals surface area contributed by atoms with Gasteiger partial charge in [-0.3, -0.25) is 0 Å². The van der Waals surface area contributed by atoms with Crippen LogP contribution < -0.4 is 5.32 Å². The SMILES string of the molecule is CC(C)NC(=O)N1CCCCCC1C. The fraction of sp³-hybridized carbons (Fsp3) is 0.909. The summed E-state index contributed by atoms with van der Waals surface area (Å²) in [5, 5.41) is 2.96. The second-order valence-electron chi connectivity index (χ2n) is 4.50. The number of hydrogen-bond donors (Lipinski definition) is 1. The van der Waals surface area contributed by atoms with Gasteiger partial charge in [-0.05, 0) is 33.6 Å². The quantitative estimate of drug-likeness (QED) is 0.689. The van der Waals surface area contributed by atoms with Crippen LogP contribution in [0, 0.1) is 0 Å². The Bertz CT molecular complexity index is 192. The Balaban J connectivity index is 2.50. The molecule has 1 fully saturated rings. The maximum atomic E-state index is 11.8. The summed E-state index contributed by atoms with van der Waals surface area (Å²) in [6.07, 6.45) is 4.81. The number of carbonyl (C=O) groups excluding carboxylic acids is 1. The summed E-state index contributed by atoms with van der Waals surface area (Å²) in [5.41, 5.74) is 0. The van der Waals surface area contributed by atoms with Gasteiger partial charge in [-0.25, -0.2) is 4.79 Å². The largest absolute Gasteiger partial charge is 0.336 e. The predicted octanol–water partition coefficient (Wildman–Crippen LogP) is 2.37. The van der Waals surface area contributed by atoms with E-state index in [2.05, 4.69) is 12.2 Å². The Labute approximate surface area is 86.9 Å². The maximum absolute atomic E-state index is 11.8. The first kappa shape index (κ1) is 11.3. The number of likely N-dealkylation sites (tertiary alicyclic amines) is 1. The molecule has 1 N–H and O–H groups in total. The van der Waals surface area contributed by atoms with Crippen LogP contribution in [0.3, 0.4) is 0 Å². The van der Waals surface area contributed by atoms with E-state index in [-0.39, 0.29) is 12.1 Å². The number of urea groups is 1. The molecule has 0 radical (unpaired) electrons. The fourth-order valence-electron chi connectivity index (χ4n) is 1.91. The van der Waals surface area contributed by atoms with Crippen molar-refractivity contribution in [2.24, 2.45) is 0 Å². The van der Waals surface area contributed by atoms with Gasteiger partial charge in [-0.1, -0.05) is 12.8 Å². The molecule has 14 heavy (non-hydrogen) atoms. The topological polar surface area (TPSA) is 32.3 Å². The van der Waals surface area contributed by atoms with Crippen molar-refractivity contribution in [3.8, 4) is 0 Å². The molecule has 3 heteroatoms. The molecule has 3 nitrogen and oxygen atoms in total. The Morgan fingerprint density at radius 2 is 2.07 bits per heavy atom. The number of carbonyl (C=O) groups is 1. The lowest BCUT2D eigenvalue weighted by molar-refractivity contribution is 0.178. The third-order valence-corrected chi connectivity index (χ3v) is 2.73. The summed E-state index contributed by atoms with van der Waals surface area (Å²) in [6.45, 7) is 7.06. The van der Waals surface area contributed by atoms with Crippen molar-refractivity contribution < 1.29 is 4.79 Å². The minimum absolute atomic E-state index is 0.106. The molecule has 1 unspecified atom stereocenters. The van der Waals surface area contributed by atoms with Gasteiger partial charge >= 0.3 is 6.03 Å². The van der Waals surface area contributed by atoms with Gasteiger partial charge in [-0.15, -0.1) is 0 Å². The molecule has 0 bridgehead atoms. The van der Waals surface area contributed by atoms with Crippen LogP contribution in [0.1, 0.15) is 46.5 Å². The molecule has 1 aliphatic rings. The molecule has 2 amide bonds. The number of rotatable bonds is 1. The van der Waals surface area contributed by atoms with Crippen LogP contribution in [0.15, 0.2) is 0 Å². The van der Waals surface area contributed by atoms with Gasteiger partial charge < -0.3 is 10.2 Å². The molecule has 0 aromatic heterocycles. The zero-order chi connectivity index (χ0) is 10.6. The third-order valence-electron chi connectivity index (χ3n) is 2.73. The highest BCUT2D eigenvalue weighted by Crippen LogP contribution is 2.16. The zero-order valence-electron chi connectivity index (χ0n) is 9.55. The van der Waals surface area contributed by atoms with Crippen molar-refractivity contribution in [3.05, 3.63) is 0 Å². The Morgan fingerprint density at radius 3 is 2.71 bits per heavy atom. The summed E-state index contributed by atoms with van der Waals surface area (Å²) in [7, 11) is 0. The molecule has 0 aliphatic carbocycles. The molecule has 1 aliphatic heterocycles. The smallest absolute Gasteiger partial charge is 0.317 e. The average Bonchev–Trinajstić information content (AvgIpc) is 2.28. The lowest BCUT2D eigenvalue weighted by Gasteiger charge is -2.28. The molecule has 0 saturated carbocycles. The van der Waals surface area contributed by atoms with Crippen LogP contribution >= 0.6 is 0 Å². The van der Waals surface area contributed by atoms with Crippen molar-refractivity contribution in [2.75, 3.05) is 6.54 Å². The van der Waals surface area contributed by atoms with Crippen LogP contribution in [0.4, 0.5) is 4.79 Å². The normalized spacial score (nSPS) is 23.4. The van der Waals surface area contributed by atoms with Crippen LogP contribution in [-0.2, 0) is 0 Å². The monoisotopic (exact) mass is 198 g/mol. The lowest BCUT2D eigenvalue weighted by Crippen LogP contribution is -2.46. The first-order valence-electron chi connectivity index (χ1n) is 5.68. The standard InChI is InChI=1S/C11H22N2O/c1-9(2)12-11(14)13-8-6-4-5-7-10(13)3/h9-10H,4-8H2,1-3H3,(H,12,14). The first-order chi connectivity index (χ1) is 6.61. The molecular weight excluding hydrogens is 176 g/mol. The molecule has 0 spiro atoms. The van der Waals surface area contributed by atoms with E-state index in [4.69, 9.17) is 0 Å². The second-order valence-corrected chi connectivity index (χ2v) is 4.50. The Hall–Kier alpha value is -0.730. The van der Waals surface area contributed by atoms with E-state index in [9.17, 15) is 4.79 Å². The first-order valence-corrected chi connectivity index (χ1v) is 5.68. The van der Waals surface area contributed by atoms with Gasteiger partial charge in [0.1, 0.15) is 0 Å². The van der Waals surface area contributed by atoms with Crippen LogP contribution in [-0.4, -0.2) is 29.6 Å². The number of nitrogens with one attached hydrogen (secondary N) is 1. The number of hydrogen-bond acceptors (Lipinski definition) is 1. The summed E-state index contributed by atoms with van der Waals surface area (Å²) in [6, 6.07) is 0.739. The van der Waals surface area contributed by atoms with E-state index in [0.717, 1.165) is 19.4 Å². The fourth-order valence-corrected chi connectivity index (χ4v) is 1.91. The number of nitrogens with zero attached hydrogens (tertiary/aromatic N) is 1. The van der Waals surface area contributed by atoms with Crippen molar-refractivity contribution in [1.82, 2.24) is 10.2 Å². The van der Waals surface area contributed by atoms with E-state index in [1.165, 1.54) is 12.8 Å². The van der Waals surface area contributed by atoms with Crippen molar-refractivity contribution >= 4 is 6.03 Å². The second kappa shape index (κ2) is 5.23. The highest BCUT2D eigenvalue weighted by Gasteiger charge is 2.21. The lowest BCUT2D eigenvalue weighted by atomic mass is 10.1. The minimum atomic E-state index is 0.106. The Kier molecular flexibility index (Phi) is 4.23. The van der Waals surface area contributed by atoms with Gasteiger partial charge in [-0.2, -0.15) is 0 Å². The minimum Gasteiger partial charge on any atom is -0.336 e. The molecule has 1 heterocycles. The van der Waals surface area contributed by atoms with Crippen LogP contribution in [0.2, 0.25) is 0 Å². The molecule has 1 atom stereocenters. The van der Waals surface area contributed by atoms with Crippen molar-refractivity contribution in [1.29, 1.82) is 0 Å². The van der Waals surface area contributed by atoms with Gasteiger partial charge in [0, 0.05) is 18.6 Å². The molecule has 0 aromatic carbocycles. The Morgan fingerprint density at radius 1 is 1.36 bits per heavy atom. The van der Waals surface area contributed by atoms with E-state index in [1.807, 2.05) is 18.7 Å². The third kappa shape index (κ3) is 3.20. The van der Waals surface area contributed by atoms with Crippen LogP contribution in [0.25, 0.3) is 0 Å². The molecule has 1 saturated heterocycles. The van der Waals surface area contributed by atoms with Gasteiger partial charge in [0.2, 0.25) is 0 Å². The summed E-state index contributed by atoms with van der Waals surface area (Å²) >= 11 is 0. The van der Waals surface area contributed by atoms with E-state index >= 15 is 0 Å². The average molecular weight is 198 g/mol. The van der Waals surface area contributed by atoms with E-state index in [0.29, 0.717) is 6.04 Å². The van der Waals surface area contributed by atoms with E-state index < -0.39 is 0 Å². The summed E-state index contributed by atoms with van der Waals surface area (Å²) < 4.78 is 0. The highest BCUT2D eigenvalue weighted by atomic mass is 16.2. The molecule has 82 valence electrons. The molecule has 1 rings (SSSR count). The van der Waals surface area contributed by atoms with Crippen molar-refractivity contribution in [3.63, 3.8) is 0 Å². The molecular formula is C11H22N2O. The van der Waals surface area contributed by atoms with Crippen LogP contribution in [0.5, 0.6) is 0 Å².